The van der Waals surface area contributed by atoms with Crippen molar-refractivity contribution in [1.29, 1.82) is 0 Å². The van der Waals surface area contributed by atoms with Crippen molar-refractivity contribution in [1.82, 2.24) is 14.9 Å². The Morgan fingerprint density at radius 1 is 1.08 bits per heavy atom. The van der Waals surface area contributed by atoms with E-state index >= 15 is 0 Å². The molecule has 2 aromatic carbocycles. The molecule has 1 heterocycles. The predicted molar refractivity (Wildman–Crippen MR) is 136 cm³/mol. The number of aliphatic carboxylic acids is 1. The number of halogens is 3. The van der Waals surface area contributed by atoms with Crippen molar-refractivity contribution >= 4 is 11.9 Å². The van der Waals surface area contributed by atoms with Gasteiger partial charge in [-0.15, -0.1) is 0 Å². The first-order valence-electron chi connectivity index (χ1n) is 12.2. The van der Waals surface area contributed by atoms with E-state index in [1.807, 2.05) is 0 Å². The molecule has 1 aliphatic rings. The van der Waals surface area contributed by atoms with E-state index in [4.69, 9.17) is 9.47 Å². The minimum Gasteiger partial charge on any atom is -0.497 e. The summed E-state index contributed by atoms with van der Waals surface area (Å²) in [5.41, 5.74) is -0.0718. The topological polar surface area (TPSA) is 102 Å². The third-order valence-electron chi connectivity index (χ3n) is 6.34. The van der Waals surface area contributed by atoms with Crippen molar-refractivity contribution in [2.75, 3.05) is 14.2 Å². The first-order chi connectivity index (χ1) is 18.3. The number of ether oxygens (including phenoxy) is 2. The molecule has 1 fully saturated rings. The number of aromatic nitrogens is 2. The number of carboxylic acid groups (broad SMARTS) is 1. The van der Waals surface area contributed by atoms with Gasteiger partial charge in [0.1, 0.15) is 11.5 Å². The van der Waals surface area contributed by atoms with Gasteiger partial charge in [-0.3, -0.25) is 4.79 Å². The third-order valence-corrected chi connectivity index (χ3v) is 6.34. The number of carbonyl (C=O) groups is 2. The van der Waals surface area contributed by atoms with Gasteiger partial charge in [0.15, 0.2) is 11.4 Å². The Morgan fingerprint density at radius 2 is 1.72 bits per heavy atom. The molecule has 39 heavy (non-hydrogen) atoms. The maximum Gasteiger partial charge on any atom is 0.416 e. The molecule has 1 aliphatic carbocycles. The molecule has 11 heteroatoms. The van der Waals surface area contributed by atoms with Crippen LogP contribution in [0.15, 0.2) is 48.7 Å². The van der Waals surface area contributed by atoms with E-state index in [2.05, 4.69) is 9.97 Å². The molecular formula is C28H28F3N3O5. The summed E-state index contributed by atoms with van der Waals surface area (Å²) >= 11 is 0. The summed E-state index contributed by atoms with van der Waals surface area (Å²) in [7, 11) is 3.04. The van der Waals surface area contributed by atoms with E-state index in [0.29, 0.717) is 17.1 Å². The highest BCUT2D eigenvalue weighted by molar-refractivity contribution is 5.95. The summed E-state index contributed by atoms with van der Waals surface area (Å²) in [6, 6.07) is 9.18. The van der Waals surface area contributed by atoms with Crippen LogP contribution in [0.1, 0.15) is 59.8 Å². The van der Waals surface area contributed by atoms with Crippen LogP contribution in [-0.4, -0.2) is 51.6 Å². The Morgan fingerprint density at radius 3 is 2.28 bits per heavy atom. The molecule has 1 saturated carbocycles. The van der Waals surface area contributed by atoms with Crippen molar-refractivity contribution in [2.24, 2.45) is 0 Å². The first-order valence-corrected chi connectivity index (χ1v) is 12.2. The van der Waals surface area contributed by atoms with E-state index in [9.17, 15) is 27.9 Å². The van der Waals surface area contributed by atoms with Gasteiger partial charge < -0.3 is 19.5 Å². The monoisotopic (exact) mass is 543 g/mol. The highest BCUT2D eigenvalue weighted by Crippen LogP contribution is 2.41. The van der Waals surface area contributed by atoms with Crippen LogP contribution in [0.3, 0.4) is 0 Å². The zero-order valence-corrected chi connectivity index (χ0v) is 21.9. The number of carboxylic acids is 1. The molecule has 0 aliphatic heterocycles. The molecule has 4 rings (SSSR count). The van der Waals surface area contributed by atoms with E-state index in [1.54, 1.807) is 13.2 Å². The van der Waals surface area contributed by atoms with Gasteiger partial charge in [0.05, 0.1) is 18.4 Å². The van der Waals surface area contributed by atoms with Gasteiger partial charge >= 0.3 is 12.1 Å². The number of benzene rings is 2. The molecule has 0 unspecified atom stereocenters. The first kappa shape index (κ1) is 27.9. The maximum atomic E-state index is 13.3. The summed E-state index contributed by atoms with van der Waals surface area (Å²) in [5.74, 6) is -0.522. The lowest BCUT2D eigenvalue weighted by atomic mass is 10.1. The van der Waals surface area contributed by atoms with Crippen LogP contribution in [-0.2, 0) is 17.5 Å². The minimum atomic E-state index is -4.43. The molecule has 3 aromatic rings. The fourth-order valence-electron chi connectivity index (χ4n) is 3.96. The summed E-state index contributed by atoms with van der Waals surface area (Å²) in [5, 5.41) is 9.38. The van der Waals surface area contributed by atoms with Crippen LogP contribution in [0.25, 0.3) is 11.4 Å². The van der Waals surface area contributed by atoms with Crippen LogP contribution < -0.4 is 9.47 Å². The lowest BCUT2D eigenvalue weighted by molar-refractivity contribution is -0.152. The van der Waals surface area contributed by atoms with E-state index in [0.717, 1.165) is 36.2 Å². The average molecular weight is 544 g/mol. The van der Waals surface area contributed by atoms with Gasteiger partial charge in [-0.05, 0) is 51.0 Å². The average Bonchev–Trinajstić information content (AvgIpc) is 3.73. The largest absolute Gasteiger partial charge is 0.497 e. The van der Waals surface area contributed by atoms with Gasteiger partial charge in [0.25, 0.3) is 5.91 Å². The Bertz CT molecular complexity index is 1390. The molecule has 0 spiro atoms. The lowest BCUT2D eigenvalue weighted by Crippen LogP contribution is -2.38. The van der Waals surface area contributed by atoms with Crippen LogP contribution in [0, 0.1) is 0 Å². The molecule has 0 bridgehead atoms. The second-order valence-electron chi connectivity index (χ2n) is 9.93. The standard InChI is InChI=1S/C28H28F3N3O5/c1-27(2,26(36)37)39-22-12-18(11-21(13-22)38-4)25(35)34(3)15-19-14-32-24(33-23(19)16-5-6-16)17-7-9-20(10-8-17)28(29,30)31/h7-14,16H,5-6,15H2,1-4H3,(H,36,37). The minimum absolute atomic E-state index is 0.168. The molecule has 0 atom stereocenters. The summed E-state index contributed by atoms with van der Waals surface area (Å²) in [6.45, 7) is 2.98. The Labute approximate surface area is 223 Å². The van der Waals surface area contributed by atoms with Crippen LogP contribution >= 0.6 is 0 Å². The summed E-state index contributed by atoms with van der Waals surface area (Å²) in [4.78, 5) is 35.3. The molecule has 1 N–H and O–H groups in total. The summed E-state index contributed by atoms with van der Waals surface area (Å²) in [6.07, 6.45) is -0.983. The third kappa shape index (κ3) is 6.47. The zero-order valence-electron chi connectivity index (χ0n) is 21.9. The number of alkyl halides is 3. The Hall–Kier alpha value is -4.15. The smallest absolute Gasteiger partial charge is 0.416 e. The number of rotatable bonds is 9. The van der Waals surface area contributed by atoms with Gasteiger partial charge in [0, 0.05) is 48.5 Å². The van der Waals surface area contributed by atoms with E-state index < -0.39 is 23.3 Å². The number of hydrogen-bond acceptors (Lipinski definition) is 6. The Balaban J connectivity index is 1.57. The van der Waals surface area contributed by atoms with Gasteiger partial charge in [-0.25, -0.2) is 14.8 Å². The fourth-order valence-corrected chi connectivity index (χ4v) is 3.96. The van der Waals surface area contributed by atoms with Crippen molar-refractivity contribution in [3.8, 4) is 22.9 Å². The summed E-state index contributed by atoms with van der Waals surface area (Å²) < 4.78 is 49.7. The number of amides is 1. The van der Waals surface area contributed by atoms with Crippen molar-refractivity contribution in [3.63, 3.8) is 0 Å². The highest BCUT2D eigenvalue weighted by atomic mass is 19.4. The lowest BCUT2D eigenvalue weighted by Gasteiger charge is -2.23. The number of carbonyl (C=O) groups excluding carboxylic acids is 1. The Kier molecular flexibility index (Phi) is 7.54. The second kappa shape index (κ2) is 10.5. The maximum absolute atomic E-state index is 13.3. The quantitative estimate of drug-likeness (QED) is 0.377. The van der Waals surface area contributed by atoms with Crippen molar-refractivity contribution < 1.29 is 37.3 Å². The van der Waals surface area contributed by atoms with Crippen LogP contribution in [0.4, 0.5) is 13.2 Å². The van der Waals surface area contributed by atoms with E-state index in [-0.39, 0.29) is 29.7 Å². The van der Waals surface area contributed by atoms with Gasteiger partial charge in [-0.2, -0.15) is 13.2 Å². The van der Waals surface area contributed by atoms with Crippen LogP contribution in [0.5, 0.6) is 11.5 Å². The molecule has 1 aromatic heterocycles. The van der Waals surface area contributed by atoms with Gasteiger partial charge in [-0.1, -0.05) is 12.1 Å². The number of hydrogen-bond donors (Lipinski definition) is 1. The normalized spacial score (nSPS) is 13.6. The fraction of sp³-hybridized carbons (Fsp3) is 0.357. The molecule has 0 radical (unpaired) electrons. The van der Waals surface area contributed by atoms with Crippen molar-refractivity contribution in [2.45, 2.75) is 50.9 Å². The predicted octanol–water partition coefficient (Wildman–Crippen LogP) is 5.56. The zero-order chi connectivity index (χ0) is 28.5. The number of methoxy groups -OCH3 is 1. The molecular weight excluding hydrogens is 515 g/mol. The van der Waals surface area contributed by atoms with Crippen LogP contribution in [0.2, 0.25) is 0 Å². The SMILES string of the molecule is COc1cc(OC(C)(C)C(=O)O)cc(C(=O)N(C)Cc2cnc(-c3ccc(C(F)(F)F)cc3)nc2C2CC2)c1. The van der Waals surface area contributed by atoms with Gasteiger partial charge in [0.2, 0.25) is 0 Å². The van der Waals surface area contributed by atoms with E-state index in [1.165, 1.54) is 56.2 Å². The number of nitrogens with zero attached hydrogens (tertiary/aromatic N) is 3. The molecule has 8 nitrogen and oxygen atoms in total. The molecule has 1 amide bonds. The highest BCUT2D eigenvalue weighted by Gasteiger charge is 2.32. The second-order valence-corrected chi connectivity index (χ2v) is 9.93. The van der Waals surface area contributed by atoms with Crippen molar-refractivity contribution in [3.05, 3.63) is 71.0 Å². The molecule has 206 valence electrons. The molecule has 0 saturated heterocycles.